The minimum Gasteiger partial charge on any atom is -0.504 e. The van der Waals surface area contributed by atoms with Gasteiger partial charge in [0.2, 0.25) is 5.91 Å². The average molecular weight is 276 g/mol. The lowest BCUT2D eigenvalue weighted by molar-refractivity contribution is -0.123. The average Bonchev–Trinajstić information content (AvgIpc) is 2.83. The van der Waals surface area contributed by atoms with Crippen LogP contribution >= 0.6 is 0 Å². The Morgan fingerprint density at radius 2 is 2.15 bits per heavy atom. The molecule has 2 aliphatic rings. The van der Waals surface area contributed by atoms with Crippen molar-refractivity contribution in [2.75, 3.05) is 13.1 Å². The molecule has 0 aliphatic carbocycles. The van der Waals surface area contributed by atoms with Crippen LogP contribution in [0.15, 0.2) is 18.2 Å². The maximum Gasteiger partial charge on any atom is 0.258 e. The number of nitrogens with zero attached hydrogens (tertiary/aromatic N) is 1. The van der Waals surface area contributed by atoms with E-state index in [1.165, 1.54) is 18.2 Å². The molecule has 1 aromatic rings. The van der Waals surface area contributed by atoms with Gasteiger partial charge in [0, 0.05) is 13.1 Å². The number of carbonyl (C=O) groups excluding carboxylic acids is 2. The third kappa shape index (κ3) is 1.88. The van der Waals surface area contributed by atoms with Crippen LogP contribution in [0, 0.1) is 5.92 Å². The second kappa shape index (κ2) is 4.70. The zero-order valence-electron chi connectivity index (χ0n) is 10.9. The van der Waals surface area contributed by atoms with Crippen LogP contribution in [-0.4, -0.2) is 46.1 Å². The number of phenols is 2. The lowest BCUT2D eigenvalue weighted by Crippen LogP contribution is -2.48. The molecule has 0 bridgehead atoms. The summed E-state index contributed by atoms with van der Waals surface area (Å²) < 4.78 is 0. The lowest BCUT2D eigenvalue weighted by atomic mass is 9.91. The second-order valence-electron chi connectivity index (χ2n) is 5.23. The van der Waals surface area contributed by atoms with Gasteiger partial charge in [-0.05, 0) is 25.0 Å². The Hall–Kier alpha value is -2.24. The summed E-state index contributed by atoms with van der Waals surface area (Å²) in [5.41, 5.74) is 0.0741. The number of likely N-dealkylation sites (tertiary alicyclic amines) is 1. The van der Waals surface area contributed by atoms with Gasteiger partial charge in [-0.3, -0.25) is 9.59 Å². The van der Waals surface area contributed by atoms with E-state index in [1.54, 1.807) is 4.90 Å². The van der Waals surface area contributed by atoms with E-state index in [1.807, 2.05) is 0 Å². The second-order valence-corrected chi connectivity index (χ2v) is 5.23. The number of para-hydroxylation sites is 1. The van der Waals surface area contributed by atoms with Gasteiger partial charge in [0.15, 0.2) is 11.5 Å². The van der Waals surface area contributed by atoms with Crippen LogP contribution in [0.25, 0.3) is 0 Å². The highest BCUT2D eigenvalue weighted by Gasteiger charge is 2.43. The predicted molar refractivity (Wildman–Crippen MR) is 70.3 cm³/mol. The van der Waals surface area contributed by atoms with Gasteiger partial charge in [0.25, 0.3) is 5.91 Å². The SMILES string of the molecule is O=C1NCC2C1CCCN2C(=O)c1cccc(O)c1O. The zero-order chi connectivity index (χ0) is 14.3. The largest absolute Gasteiger partial charge is 0.504 e. The van der Waals surface area contributed by atoms with Crippen molar-refractivity contribution in [1.29, 1.82) is 0 Å². The molecule has 2 saturated heterocycles. The number of rotatable bonds is 1. The number of hydrogen-bond donors (Lipinski definition) is 3. The van der Waals surface area contributed by atoms with Gasteiger partial charge in [0.1, 0.15) is 0 Å². The molecular weight excluding hydrogens is 260 g/mol. The van der Waals surface area contributed by atoms with Crippen molar-refractivity contribution in [3.63, 3.8) is 0 Å². The van der Waals surface area contributed by atoms with E-state index in [9.17, 15) is 19.8 Å². The van der Waals surface area contributed by atoms with Crippen molar-refractivity contribution in [3.05, 3.63) is 23.8 Å². The summed E-state index contributed by atoms with van der Waals surface area (Å²) in [7, 11) is 0. The van der Waals surface area contributed by atoms with Crippen molar-refractivity contribution in [2.24, 2.45) is 5.92 Å². The number of carbonyl (C=O) groups is 2. The summed E-state index contributed by atoms with van der Waals surface area (Å²) in [4.78, 5) is 25.9. The minimum absolute atomic E-state index is 0.00682. The Morgan fingerprint density at radius 3 is 2.95 bits per heavy atom. The highest BCUT2D eigenvalue weighted by atomic mass is 16.3. The number of aromatic hydroxyl groups is 2. The molecule has 2 unspecified atom stereocenters. The molecular formula is C14H16N2O4. The van der Waals surface area contributed by atoms with Gasteiger partial charge >= 0.3 is 0 Å². The van der Waals surface area contributed by atoms with Crippen LogP contribution in [0.5, 0.6) is 11.5 Å². The molecule has 2 atom stereocenters. The Bertz CT molecular complexity index is 572. The van der Waals surface area contributed by atoms with E-state index in [0.29, 0.717) is 13.1 Å². The van der Waals surface area contributed by atoms with Gasteiger partial charge in [-0.15, -0.1) is 0 Å². The van der Waals surface area contributed by atoms with Gasteiger partial charge in [-0.25, -0.2) is 0 Å². The molecule has 6 nitrogen and oxygen atoms in total. The first-order valence-electron chi connectivity index (χ1n) is 6.69. The third-order valence-electron chi connectivity index (χ3n) is 4.11. The summed E-state index contributed by atoms with van der Waals surface area (Å²) in [6.45, 7) is 1.01. The summed E-state index contributed by atoms with van der Waals surface area (Å²) in [5, 5.41) is 22.1. The number of nitrogens with one attached hydrogen (secondary N) is 1. The van der Waals surface area contributed by atoms with Crippen molar-refractivity contribution in [1.82, 2.24) is 10.2 Å². The number of hydrogen-bond acceptors (Lipinski definition) is 4. The van der Waals surface area contributed by atoms with Gasteiger partial charge < -0.3 is 20.4 Å². The topological polar surface area (TPSA) is 89.9 Å². The smallest absolute Gasteiger partial charge is 0.258 e. The van der Waals surface area contributed by atoms with Crippen LogP contribution in [-0.2, 0) is 4.79 Å². The quantitative estimate of drug-likeness (QED) is 0.650. The summed E-state index contributed by atoms with van der Waals surface area (Å²) in [6.07, 6.45) is 1.55. The van der Waals surface area contributed by atoms with Crippen molar-refractivity contribution in [2.45, 2.75) is 18.9 Å². The molecule has 2 aliphatic heterocycles. The first kappa shape index (κ1) is 12.8. The molecule has 2 heterocycles. The fourth-order valence-corrected chi connectivity index (χ4v) is 3.06. The van der Waals surface area contributed by atoms with E-state index in [2.05, 4.69) is 5.32 Å². The van der Waals surface area contributed by atoms with Gasteiger partial charge in [0.05, 0.1) is 17.5 Å². The maximum absolute atomic E-state index is 12.5. The van der Waals surface area contributed by atoms with Crippen molar-refractivity contribution >= 4 is 11.8 Å². The van der Waals surface area contributed by atoms with Gasteiger partial charge in [-0.2, -0.15) is 0 Å². The fourth-order valence-electron chi connectivity index (χ4n) is 3.06. The summed E-state index contributed by atoms with van der Waals surface area (Å²) >= 11 is 0. The third-order valence-corrected chi connectivity index (χ3v) is 4.11. The van der Waals surface area contributed by atoms with E-state index < -0.39 is 5.75 Å². The van der Waals surface area contributed by atoms with E-state index >= 15 is 0 Å². The van der Waals surface area contributed by atoms with E-state index in [0.717, 1.165) is 12.8 Å². The summed E-state index contributed by atoms with van der Waals surface area (Å²) in [5.74, 6) is -1.23. The Labute approximate surface area is 116 Å². The number of amides is 2. The van der Waals surface area contributed by atoms with Crippen LogP contribution in [0.4, 0.5) is 0 Å². The van der Waals surface area contributed by atoms with E-state index in [-0.39, 0.29) is 35.1 Å². The van der Waals surface area contributed by atoms with Crippen LogP contribution in [0.3, 0.4) is 0 Å². The number of piperidine rings is 1. The molecule has 2 fully saturated rings. The Balaban J connectivity index is 1.90. The number of fused-ring (bicyclic) bond motifs is 1. The summed E-state index contributed by atoms with van der Waals surface area (Å²) in [6, 6.07) is 4.16. The molecule has 20 heavy (non-hydrogen) atoms. The standard InChI is InChI=1S/C14H16N2O4/c17-11-5-1-3-9(12(11)18)14(20)16-6-2-4-8-10(16)7-15-13(8)19/h1,3,5,8,10,17-18H,2,4,6-7H2,(H,15,19). The molecule has 3 N–H and O–H groups in total. The number of benzene rings is 1. The molecule has 0 saturated carbocycles. The van der Waals surface area contributed by atoms with Crippen LogP contribution in [0.2, 0.25) is 0 Å². The molecule has 3 rings (SSSR count). The van der Waals surface area contributed by atoms with Crippen LogP contribution < -0.4 is 5.32 Å². The Kier molecular flexibility index (Phi) is 3.00. The zero-order valence-corrected chi connectivity index (χ0v) is 10.9. The molecule has 106 valence electrons. The maximum atomic E-state index is 12.5. The van der Waals surface area contributed by atoms with Crippen molar-refractivity contribution < 1.29 is 19.8 Å². The molecule has 2 amide bonds. The first-order chi connectivity index (χ1) is 9.59. The first-order valence-corrected chi connectivity index (χ1v) is 6.69. The van der Waals surface area contributed by atoms with Gasteiger partial charge in [-0.1, -0.05) is 6.07 Å². The molecule has 0 radical (unpaired) electrons. The van der Waals surface area contributed by atoms with Crippen LogP contribution in [0.1, 0.15) is 23.2 Å². The van der Waals surface area contributed by atoms with Crippen molar-refractivity contribution in [3.8, 4) is 11.5 Å². The highest BCUT2D eigenvalue weighted by molar-refractivity contribution is 5.98. The monoisotopic (exact) mass is 276 g/mol. The lowest BCUT2D eigenvalue weighted by Gasteiger charge is -2.36. The molecule has 1 aromatic carbocycles. The molecule has 0 spiro atoms. The minimum atomic E-state index is -0.406. The Morgan fingerprint density at radius 1 is 1.35 bits per heavy atom. The molecule has 6 heteroatoms. The fraction of sp³-hybridized carbons (Fsp3) is 0.429. The molecule has 0 aromatic heterocycles. The van der Waals surface area contributed by atoms with E-state index in [4.69, 9.17) is 0 Å². The number of phenolic OH excluding ortho intramolecular Hbond substituents is 2. The normalized spacial score (nSPS) is 25.2. The predicted octanol–water partition coefficient (Wildman–Crippen LogP) is 0.448. The highest BCUT2D eigenvalue weighted by Crippen LogP contribution is 2.33.